The van der Waals surface area contributed by atoms with Crippen molar-refractivity contribution in [3.05, 3.63) is 100.0 Å². The number of hydrogen-bond acceptors (Lipinski definition) is 3. The molecular weight excluding hydrogens is 424 g/mol. The van der Waals surface area contributed by atoms with Gasteiger partial charge in [-0.3, -0.25) is 4.98 Å². The lowest BCUT2D eigenvalue weighted by Crippen LogP contribution is -2.04. The van der Waals surface area contributed by atoms with Crippen LogP contribution < -0.4 is 0 Å². The Morgan fingerprint density at radius 1 is 0.935 bits per heavy atom. The Hall–Kier alpha value is -2.53. The van der Waals surface area contributed by atoms with Crippen molar-refractivity contribution in [1.29, 1.82) is 0 Å². The normalized spacial score (nSPS) is 11.1. The maximum absolute atomic E-state index is 10.3. The molecule has 2 aromatic heterocycles. The lowest BCUT2D eigenvalue weighted by Gasteiger charge is -2.14. The van der Waals surface area contributed by atoms with E-state index in [1.165, 1.54) is 5.56 Å². The number of nitrogens with zero attached hydrogens (tertiary/aromatic N) is 2. The van der Waals surface area contributed by atoms with Crippen molar-refractivity contribution >= 4 is 23.4 Å². The highest BCUT2D eigenvalue weighted by Crippen LogP contribution is 2.43. The molecule has 158 valence electrons. The summed E-state index contributed by atoms with van der Waals surface area (Å²) in [6, 6.07) is 18.7. The van der Waals surface area contributed by atoms with Crippen LogP contribution in [-0.4, -0.2) is 14.7 Å². The highest BCUT2D eigenvalue weighted by Gasteiger charge is 2.22. The molecule has 0 radical (unpaired) electrons. The molecule has 4 rings (SSSR count). The molecule has 5 heteroatoms. The molecule has 0 bridgehead atoms. The van der Waals surface area contributed by atoms with Crippen molar-refractivity contribution in [2.45, 2.75) is 43.8 Å². The predicted molar refractivity (Wildman–Crippen MR) is 129 cm³/mol. The maximum atomic E-state index is 10.3. The van der Waals surface area contributed by atoms with Gasteiger partial charge in [0.05, 0.1) is 11.6 Å². The average Bonchev–Trinajstić information content (AvgIpc) is 2.99. The molecule has 1 N–H and O–H groups in total. The summed E-state index contributed by atoms with van der Waals surface area (Å²) in [6.45, 7) is 6.91. The van der Waals surface area contributed by atoms with Gasteiger partial charge in [-0.2, -0.15) is 0 Å². The minimum atomic E-state index is -0.0134. The van der Waals surface area contributed by atoms with E-state index in [1.54, 1.807) is 11.8 Å². The molecule has 0 unspecified atom stereocenters. The van der Waals surface area contributed by atoms with Gasteiger partial charge in [0.25, 0.3) is 0 Å². The zero-order valence-electron chi connectivity index (χ0n) is 17.9. The van der Waals surface area contributed by atoms with Crippen LogP contribution in [0.25, 0.3) is 11.1 Å². The molecule has 0 atom stereocenters. The number of aliphatic hydroxyl groups excluding tert-OH is 1. The monoisotopic (exact) mass is 448 g/mol. The van der Waals surface area contributed by atoms with Gasteiger partial charge < -0.3 is 9.67 Å². The molecule has 0 aliphatic rings. The van der Waals surface area contributed by atoms with E-state index in [2.05, 4.69) is 60.7 Å². The van der Waals surface area contributed by atoms with Crippen LogP contribution in [0.1, 0.15) is 27.9 Å². The van der Waals surface area contributed by atoms with E-state index in [4.69, 9.17) is 11.6 Å². The molecule has 0 amide bonds. The Morgan fingerprint density at radius 3 is 2.29 bits per heavy atom. The van der Waals surface area contributed by atoms with Gasteiger partial charge in [0.15, 0.2) is 0 Å². The Bertz CT molecular complexity index is 1180. The van der Waals surface area contributed by atoms with Crippen LogP contribution in [0.2, 0.25) is 5.02 Å². The fourth-order valence-corrected chi connectivity index (χ4v) is 5.48. The molecule has 0 saturated heterocycles. The lowest BCUT2D eigenvalue weighted by atomic mass is 10.0. The van der Waals surface area contributed by atoms with E-state index in [1.807, 2.05) is 36.7 Å². The first-order chi connectivity index (χ1) is 15.0. The number of rotatable bonds is 6. The predicted octanol–water partition coefficient (Wildman–Crippen LogP) is 6.82. The quantitative estimate of drug-likeness (QED) is 0.351. The van der Waals surface area contributed by atoms with Gasteiger partial charge in [-0.05, 0) is 67.8 Å². The smallest absolute Gasteiger partial charge is 0.0885 e. The first-order valence-electron chi connectivity index (χ1n) is 10.2. The van der Waals surface area contributed by atoms with Crippen molar-refractivity contribution in [3.8, 4) is 11.1 Å². The SMILES string of the molecule is Cc1ccc(-c2c(CO)c(C)n(Cc3ccncc3)c2Sc2cc(C)cc(Cl)c2)cc1. The van der Waals surface area contributed by atoms with Crippen molar-refractivity contribution < 1.29 is 5.11 Å². The van der Waals surface area contributed by atoms with Crippen LogP contribution in [0.5, 0.6) is 0 Å². The molecule has 0 spiro atoms. The molecule has 0 saturated carbocycles. The van der Waals surface area contributed by atoms with E-state index in [0.29, 0.717) is 6.54 Å². The van der Waals surface area contributed by atoms with Crippen molar-refractivity contribution in [2.75, 3.05) is 0 Å². The molecular formula is C26H25ClN2OS. The summed E-state index contributed by atoms with van der Waals surface area (Å²) in [6.07, 6.45) is 3.63. The Morgan fingerprint density at radius 2 is 1.65 bits per heavy atom. The molecule has 3 nitrogen and oxygen atoms in total. The van der Waals surface area contributed by atoms with Gasteiger partial charge in [-0.1, -0.05) is 53.2 Å². The lowest BCUT2D eigenvalue weighted by molar-refractivity contribution is 0.281. The fraction of sp³-hybridized carbons (Fsp3) is 0.192. The van der Waals surface area contributed by atoms with Crippen molar-refractivity contribution in [1.82, 2.24) is 9.55 Å². The Kier molecular flexibility index (Phi) is 6.51. The fourth-order valence-electron chi connectivity index (χ4n) is 3.81. The van der Waals surface area contributed by atoms with Crippen LogP contribution in [-0.2, 0) is 13.2 Å². The van der Waals surface area contributed by atoms with Gasteiger partial charge in [-0.25, -0.2) is 0 Å². The van der Waals surface area contributed by atoms with E-state index in [-0.39, 0.29) is 6.61 Å². The highest BCUT2D eigenvalue weighted by molar-refractivity contribution is 7.99. The summed E-state index contributed by atoms with van der Waals surface area (Å²) < 4.78 is 2.29. The summed E-state index contributed by atoms with van der Waals surface area (Å²) in [4.78, 5) is 5.22. The summed E-state index contributed by atoms with van der Waals surface area (Å²) >= 11 is 8.05. The van der Waals surface area contributed by atoms with Crippen molar-refractivity contribution in [2.24, 2.45) is 0 Å². The minimum Gasteiger partial charge on any atom is -0.392 e. The summed E-state index contributed by atoms with van der Waals surface area (Å²) in [5.74, 6) is 0. The largest absolute Gasteiger partial charge is 0.392 e. The van der Waals surface area contributed by atoms with Gasteiger partial charge in [0.2, 0.25) is 0 Å². The molecule has 4 aromatic rings. The van der Waals surface area contributed by atoms with Gasteiger partial charge >= 0.3 is 0 Å². The summed E-state index contributed by atoms with van der Waals surface area (Å²) in [7, 11) is 0. The number of benzene rings is 2. The number of halogens is 1. The first-order valence-corrected chi connectivity index (χ1v) is 11.4. The van der Waals surface area contributed by atoms with Crippen LogP contribution in [0.15, 0.2) is 76.9 Å². The minimum absolute atomic E-state index is 0.0134. The third-order valence-electron chi connectivity index (χ3n) is 5.42. The third kappa shape index (κ3) is 4.72. The Balaban J connectivity index is 1.91. The molecule has 2 aromatic carbocycles. The average molecular weight is 449 g/mol. The van der Waals surface area contributed by atoms with Crippen LogP contribution >= 0.6 is 23.4 Å². The van der Waals surface area contributed by atoms with Crippen LogP contribution in [0.3, 0.4) is 0 Å². The number of aromatic nitrogens is 2. The molecule has 0 aliphatic carbocycles. The van der Waals surface area contributed by atoms with Gasteiger partial charge in [0.1, 0.15) is 0 Å². The second-order valence-electron chi connectivity index (χ2n) is 7.78. The number of aliphatic hydroxyl groups is 1. The Labute approximate surface area is 192 Å². The standard InChI is InChI=1S/C26H25ClN2OS/c1-17-4-6-21(7-5-17)25-24(16-30)19(3)29(15-20-8-10-28-11-9-20)26(25)31-23-13-18(2)12-22(27)14-23/h4-14,30H,15-16H2,1-3H3. The molecule has 2 heterocycles. The van der Waals surface area contributed by atoms with Crippen LogP contribution in [0.4, 0.5) is 0 Å². The zero-order valence-corrected chi connectivity index (χ0v) is 19.5. The highest BCUT2D eigenvalue weighted by atomic mass is 35.5. The zero-order chi connectivity index (χ0) is 22.0. The second kappa shape index (κ2) is 9.31. The summed E-state index contributed by atoms with van der Waals surface area (Å²) in [5, 5.41) is 12.1. The van der Waals surface area contributed by atoms with E-state index >= 15 is 0 Å². The van der Waals surface area contributed by atoms with Gasteiger partial charge in [0, 0.05) is 45.7 Å². The van der Waals surface area contributed by atoms with Crippen LogP contribution in [0, 0.1) is 20.8 Å². The first kappa shape index (κ1) is 21.7. The number of hydrogen-bond donors (Lipinski definition) is 1. The number of pyridine rings is 1. The van der Waals surface area contributed by atoms with E-state index in [0.717, 1.165) is 48.5 Å². The van der Waals surface area contributed by atoms with E-state index in [9.17, 15) is 5.11 Å². The number of aryl methyl sites for hydroxylation is 2. The maximum Gasteiger partial charge on any atom is 0.0885 e. The topological polar surface area (TPSA) is 38.0 Å². The molecule has 0 fully saturated rings. The molecule has 0 aliphatic heterocycles. The van der Waals surface area contributed by atoms with Gasteiger partial charge in [-0.15, -0.1) is 0 Å². The summed E-state index contributed by atoms with van der Waals surface area (Å²) in [5.41, 5.74) is 7.71. The van der Waals surface area contributed by atoms with Crippen molar-refractivity contribution in [3.63, 3.8) is 0 Å². The third-order valence-corrected chi connectivity index (χ3v) is 6.73. The molecule has 31 heavy (non-hydrogen) atoms. The second-order valence-corrected chi connectivity index (χ2v) is 9.27. The van der Waals surface area contributed by atoms with E-state index < -0.39 is 0 Å².